The lowest BCUT2D eigenvalue weighted by Crippen LogP contribution is -2.04. The first kappa shape index (κ1) is 25.3. The van der Waals surface area contributed by atoms with Crippen LogP contribution in [0.4, 0.5) is 24.5 Å². The molecule has 0 atom stereocenters. The molecule has 3 aromatic rings. The van der Waals surface area contributed by atoms with Crippen molar-refractivity contribution in [3.05, 3.63) is 106 Å². The molecule has 0 aliphatic carbocycles. The third-order valence-corrected chi connectivity index (χ3v) is 4.89. The van der Waals surface area contributed by atoms with Crippen LogP contribution in [0.5, 0.6) is 11.5 Å². The van der Waals surface area contributed by atoms with Crippen LogP contribution in [-0.2, 0) is 19.2 Å². The fourth-order valence-electron chi connectivity index (χ4n) is 3.17. The van der Waals surface area contributed by atoms with E-state index in [-0.39, 0.29) is 12.3 Å². The highest BCUT2D eigenvalue weighted by Gasteiger charge is 2.29. The number of hydrogen-bond donors (Lipinski definition) is 1. The van der Waals surface area contributed by atoms with Crippen LogP contribution in [0, 0.1) is 10.1 Å². The molecule has 182 valence electrons. The van der Waals surface area contributed by atoms with Gasteiger partial charge in [0.25, 0.3) is 5.69 Å². The van der Waals surface area contributed by atoms with E-state index in [0.29, 0.717) is 29.2 Å². The van der Waals surface area contributed by atoms with E-state index in [1.165, 1.54) is 37.6 Å². The number of methoxy groups -OCH3 is 1. The van der Waals surface area contributed by atoms with Crippen molar-refractivity contribution in [1.82, 2.24) is 0 Å². The summed E-state index contributed by atoms with van der Waals surface area (Å²) in [5.41, 5.74) is 4.53. The number of hydrogen-bond acceptors (Lipinski definition) is 6. The van der Waals surface area contributed by atoms with Gasteiger partial charge in [-0.25, -0.2) is 0 Å². The molecule has 0 aliphatic heterocycles. The van der Waals surface area contributed by atoms with Crippen LogP contribution in [-0.4, -0.2) is 18.2 Å². The monoisotopic (exact) mass is 485 g/mol. The molecule has 10 heteroatoms. The van der Waals surface area contributed by atoms with Crippen LogP contribution in [0.15, 0.2) is 78.4 Å². The van der Waals surface area contributed by atoms with Crippen LogP contribution < -0.4 is 14.9 Å². The number of nitrogens with one attached hydrogen (secondary N) is 1. The van der Waals surface area contributed by atoms with Crippen molar-refractivity contribution in [2.75, 3.05) is 12.5 Å². The van der Waals surface area contributed by atoms with Crippen LogP contribution in [0.25, 0.3) is 0 Å². The lowest BCUT2D eigenvalue weighted by atomic mass is 10.1. The van der Waals surface area contributed by atoms with Gasteiger partial charge < -0.3 is 9.47 Å². The quantitative estimate of drug-likeness (QED) is 0.156. The predicted octanol–water partition coefficient (Wildman–Crippen LogP) is 6.38. The lowest BCUT2D eigenvalue weighted by Gasteiger charge is -2.16. The van der Waals surface area contributed by atoms with Crippen molar-refractivity contribution in [3.63, 3.8) is 0 Å². The number of benzene rings is 3. The molecular formula is C25H22F3N3O4. The van der Waals surface area contributed by atoms with Gasteiger partial charge in [-0.3, -0.25) is 15.5 Å². The van der Waals surface area contributed by atoms with E-state index >= 15 is 0 Å². The van der Waals surface area contributed by atoms with Gasteiger partial charge in [0.15, 0.2) is 11.5 Å². The minimum atomic E-state index is -4.40. The number of nitrogens with zero attached hydrogens (tertiary/aromatic N) is 2. The van der Waals surface area contributed by atoms with Gasteiger partial charge in [0, 0.05) is 17.7 Å². The molecular weight excluding hydrogens is 463 g/mol. The third kappa shape index (κ3) is 6.83. The van der Waals surface area contributed by atoms with Gasteiger partial charge in [-0.1, -0.05) is 6.08 Å². The summed E-state index contributed by atoms with van der Waals surface area (Å²) in [5, 5.41) is 14.9. The number of anilines is 1. The molecule has 0 fully saturated rings. The number of rotatable bonds is 10. The molecule has 0 saturated heterocycles. The number of alkyl halides is 3. The Balaban J connectivity index is 1.75. The van der Waals surface area contributed by atoms with E-state index in [0.717, 1.165) is 23.3 Å². The van der Waals surface area contributed by atoms with Crippen molar-refractivity contribution in [3.8, 4) is 11.5 Å². The first-order valence-electron chi connectivity index (χ1n) is 10.4. The van der Waals surface area contributed by atoms with Crippen molar-refractivity contribution in [2.45, 2.75) is 19.2 Å². The van der Waals surface area contributed by atoms with Crippen molar-refractivity contribution < 1.29 is 27.6 Å². The highest BCUT2D eigenvalue weighted by molar-refractivity contribution is 5.82. The minimum absolute atomic E-state index is 0.00720. The van der Waals surface area contributed by atoms with E-state index in [2.05, 4.69) is 17.1 Å². The Kier molecular flexibility index (Phi) is 8.08. The van der Waals surface area contributed by atoms with Crippen molar-refractivity contribution >= 4 is 17.6 Å². The normalized spacial score (nSPS) is 11.3. The Labute approximate surface area is 199 Å². The minimum Gasteiger partial charge on any atom is -0.493 e. The average Bonchev–Trinajstić information content (AvgIpc) is 2.83. The van der Waals surface area contributed by atoms with Crippen molar-refractivity contribution in [2.24, 2.45) is 5.10 Å². The number of non-ortho nitro benzene ring substituents is 1. The zero-order chi connectivity index (χ0) is 25.4. The maximum Gasteiger partial charge on any atom is 0.416 e. The molecule has 0 unspecified atom stereocenters. The summed E-state index contributed by atoms with van der Waals surface area (Å²) in [7, 11) is 1.49. The highest BCUT2D eigenvalue weighted by atomic mass is 19.4. The molecule has 0 amide bonds. The maximum atomic E-state index is 12.7. The summed E-state index contributed by atoms with van der Waals surface area (Å²) in [6.07, 6.45) is -0.718. The van der Waals surface area contributed by atoms with Crippen LogP contribution in [0.2, 0.25) is 0 Å². The second-order valence-corrected chi connectivity index (χ2v) is 7.36. The summed E-state index contributed by atoms with van der Waals surface area (Å²) in [6.45, 7) is 3.93. The average molecular weight is 485 g/mol. The zero-order valence-electron chi connectivity index (χ0n) is 18.7. The highest BCUT2D eigenvalue weighted by Crippen LogP contribution is 2.34. The van der Waals surface area contributed by atoms with Gasteiger partial charge in [0.1, 0.15) is 6.61 Å². The summed E-state index contributed by atoms with van der Waals surface area (Å²) in [6, 6.07) is 14.1. The SMILES string of the molecule is C=CCc1cc(/C=N/Nc2ccc(C(F)(F)F)cc2)cc(OC)c1OCc1ccc([N+](=O)[O-])cc1. The van der Waals surface area contributed by atoms with Crippen LogP contribution in [0.3, 0.4) is 0 Å². The molecule has 3 aromatic carbocycles. The lowest BCUT2D eigenvalue weighted by molar-refractivity contribution is -0.384. The van der Waals surface area contributed by atoms with Gasteiger partial charge in [-0.05, 0) is 66.1 Å². The van der Waals surface area contributed by atoms with E-state index in [9.17, 15) is 23.3 Å². The Morgan fingerprint density at radius 3 is 2.37 bits per heavy atom. The molecule has 35 heavy (non-hydrogen) atoms. The summed E-state index contributed by atoms with van der Waals surface area (Å²) in [4.78, 5) is 10.4. The zero-order valence-corrected chi connectivity index (χ0v) is 18.7. The fourth-order valence-corrected chi connectivity index (χ4v) is 3.17. The number of ether oxygens (including phenoxy) is 2. The van der Waals surface area contributed by atoms with E-state index in [1.807, 2.05) is 6.07 Å². The molecule has 0 radical (unpaired) electrons. The van der Waals surface area contributed by atoms with Crippen molar-refractivity contribution in [1.29, 1.82) is 0 Å². The Morgan fingerprint density at radius 2 is 1.80 bits per heavy atom. The Hall–Kier alpha value is -4.34. The second-order valence-electron chi connectivity index (χ2n) is 7.36. The van der Waals surface area contributed by atoms with Crippen LogP contribution in [0.1, 0.15) is 22.3 Å². The summed E-state index contributed by atoms with van der Waals surface area (Å²) < 4.78 is 49.5. The van der Waals surface area contributed by atoms with Gasteiger partial charge in [-0.15, -0.1) is 6.58 Å². The van der Waals surface area contributed by atoms with Gasteiger partial charge in [0.2, 0.25) is 0 Å². The molecule has 0 bridgehead atoms. The van der Waals surface area contributed by atoms with Gasteiger partial charge in [0.05, 0.1) is 29.5 Å². The van der Waals surface area contributed by atoms with E-state index in [1.54, 1.807) is 24.3 Å². The van der Waals surface area contributed by atoms with Gasteiger partial charge >= 0.3 is 6.18 Å². The fraction of sp³-hybridized carbons (Fsp3) is 0.160. The number of nitro benzene ring substituents is 1. The number of halogens is 3. The molecule has 0 saturated carbocycles. The predicted molar refractivity (Wildman–Crippen MR) is 127 cm³/mol. The summed E-state index contributed by atoms with van der Waals surface area (Å²) >= 11 is 0. The first-order valence-corrected chi connectivity index (χ1v) is 10.4. The Morgan fingerprint density at radius 1 is 1.11 bits per heavy atom. The molecule has 7 nitrogen and oxygen atoms in total. The smallest absolute Gasteiger partial charge is 0.416 e. The van der Waals surface area contributed by atoms with Gasteiger partial charge in [-0.2, -0.15) is 18.3 Å². The second kappa shape index (κ2) is 11.2. The Bertz CT molecular complexity index is 1210. The first-order chi connectivity index (χ1) is 16.7. The molecule has 0 aromatic heterocycles. The summed E-state index contributed by atoms with van der Waals surface area (Å²) in [5.74, 6) is 0.945. The van der Waals surface area contributed by atoms with E-state index < -0.39 is 16.7 Å². The maximum absolute atomic E-state index is 12.7. The third-order valence-electron chi connectivity index (χ3n) is 4.89. The topological polar surface area (TPSA) is 86.0 Å². The molecule has 0 heterocycles. The standard InChI is InChI=1S/C25H22F3N3O4/c1-3-4-19-13-18(15-29-30-21-9-7-20(8-10-21)25(26,27)28)14-23(34-2)24(19)35-16-17-5-11-22(12-6-17)31(32)33/h3,5-15,30H,1,4,16H2,2H3/b29-15+. The number of nitro groups is 1. The van der Waals surface area contributed by atoms with E-state index in [4.69, 9.17) is 9.47 Å². The molecule has 1 N–H and O–H groups in total. The van der Waals surface area contributed by atoms with Crippen LogP contribution >= 0.6 is 0 Å². The molecule has 0 spiro atoms. The molecule has 0 aliphatic rings. The number of allylic oxidation sites excluding steroid dienone is 1. The number of hydrazone groups is 1. The largest absolute Gasteiger partial charge is 0.493 e. The molecule has 3 rings (SSSR count).